The molecule has 0 atom stereocenters. The van der Waals surface area contributed by atoms with Gasteiger partial charge in [0.25, 0.3) is 0 Å². The van der Waals surface area contributed by atoms with Gasteiger partial charge in [-0.25, -0.2) is 0 Å². The van der Waals surface area contributed by atoms with Crippen LogP contribution in [0.25, 0.3) is 10.8 Å². The minimum atomic E-state index is 0.188. The molecule has 0 N–H and O–H groups in total. The molecule has 2 rings (SSSR count). The molecule has 0 spiro atoms. The quantitative estimate of drug-likeness (QED) is 0.593. The summed E-state index contributed by atoms with van der Waals surface area (Å²) in [5, 5.41) is 2.54. The van der Waals surface area contributed by atoms with Crippen molar-refractivity contribution in [1.29, 1.82) is 0 Å². The maximum Gasteiger partial charge on any atom is 0.160 e. The van der Waals surface area contributed by atoms with Crippen molar-refractivity contribution in [3.8, 4) is 0 Å². The second kappa shape index (κ2) is 7.40. The van der Waals surface area contributed by atoms with E-state index in [-0.39, 0.29) is 5.78 Å². The van der Waals surface area contributed by atoms with E-state index in [1.165, 1.54) is 34.7 Å². The maximum atomic E-state index is 12.0. The van der Waals surface area contributed by atoms with Gasteiger partial charge in [-0.1, -0.05) is 51.0 Å². The summed E-state index contributed by atoms with van der Waals surface area (Å²) in [7, 11) is 0. The Kier molecular flexibility index (Phi) is 5.55. The van der Waals surface area contributed by atoms with E-state index in [2.05, 4.69) is 44.2 Å². The molecule has 0 heterocycles. The van der Waals surface area contributed by atoms with Crippen LogP contribution in [0.3, 0.4) is 0 Å². The van der Waals surface area contributed by atoms with Crippen LogP contribution in [0.5, 0.6) is 0 Å². The van der Waals surface area contributed by atoms with Crippen LogP contribution in [0, 0.1) is 0 Å². The van der Waals surface area contributed by atoms with Crippen molar-refractivity contribution < 1.29 is 4.79 Å². The number of Topliss-reactive ketones (excluding diaryl/α,β-unsaturated/α-hetero) is 1. The van der Waals surface area contributed by atoms with E-state index in [9.17, 15) is 4.79 Å². The van der Waals surface area contributed by atoms with Crippen molar-refractivity contribution in [1.82, 2.24) is 0 Å². The summed E-state index contributed by atoms with van der Waals surface area (Å²) in [6.45, 7) is 6.09. The van der Waals surface area contributed by atoms with Gasteiger partial charge >= 0.3 is 0 Å². The number of rotatable bonds is 7. The lowest BCUT2D eigenvalue weighted by atomic mass is 9.92. The van der Waals surface area contributed by atoms with Crippen LogP contribution in [0.2, 0.25) is 0 Å². The fraction of sp³-hybridized carbons (Fsp3) is 0.450. The molecule has 2 aromatic rings. The molecule has 2 aromatic carbocycles. The largest absolute Gasteiger partial charge is 0.295 e. The molecule has 0 aliphatic heterocycles. The number of hydrogen-bond acceptors (Lipinski definition) is 1. The van der Waals surface area contributed by atoms with Gasteiger partial charge in [0.15, 0.2) is 5.78 Å². The fourth-order valence-corrected chi connectivity index (χ4v) is 2.92. The first-order chi connectivity index (χ1) is 10.2. The number of hydrogen-bond donors (Lipinski definition) is 0. The topological polar surface area (TPSA) is 17.1 Å². The number of carbonyl (C=O) groups is 1. The van der Waals surface area contributed by atoms with E-state index in [0.29, 0.717) is 0 Å². The zero-order valence-corrected chi connectivity index (χ0v) is 13.5. The van der Waals surface area contributed by atoms with Crippen molar-refractivity contribution in [2.24, 2.45) is 0 Å². The number of benzene rings is 2. The average molecular weight is 282 g/mol. The predicted octanol–water partition coefficient (Wildman–Crippen LogP) is 5.73. The van der Waals surface area contributed by atoms with Gasteiger partial charge in [0.05, 0.1) is 0 Å². The summed E-state index contributed by atoms with van der Waals surface area (Å²) < 4.78 is 0. The van der Waals surface area contributed by atoms with E-state index in [1.54, 1.807) is 6.92 Å². The van der Waals surface area contributed by atoms with Crippen molar-refractivity contribution in [2.45, 2.75) is 59.3 Å². The summed E-state index contributed by atoms with van der Waals surface area (Å²) in [5.74, 6) is 0.188. The summed E-state index contributed by atoms with van der Waals surface area (Å²) in [6, 6.07) is 10.9. The molecule has 112 valence electrons. The smallest absolute Gasteiger partial charge is 0.160 e. The first-order valence-corrected chi connectivity index (χ1v) is 8.22. The Morgan fingerprint density at radius 3 is 2.24 bits per heavy atom. The van der Waals surface area contributed by atoms with Gasteiger partial charge in [-0.2, -0.15) is 0 Å². The summed E-state index contributed by atoms with van der Waals surface area (Å²) in [6.07, 6.45) is 6.80. The molecule has 0 unspecified atom stereocenters. The number of carbonyl (C=O) groups excluding carboxylic acids is 1. The normalized spacial score (nSPS) is 11.0. The second-order valence-electron chi connectivity index (χ2n) is 5.91. The third-order valence-corrected chi connectivity index (χ3v) is 4.17. The van der Waals surface area contributed by atoms with Crippen LogP contribution in [0.1, 0.15) is 67.9 Å². The number of ketones is 1. The van der Waals surface area contributed by atoms with Crippen LogP contribution < -0.4 is 0 Å². The van der Waals surface area contributed by atoms with E-state index >= 15 is 0 Å². The second-order valence-corrected chi connectivity index (χ2v) is 5.91. The van der Waals surface area contributed by atoms with Crippen LogP contribution >= 0.6 is 0 Å². The molecule has 0 fully saturated rings. The molecule has 0 aromatic heterocycles. The fourth-order valence-electron chi connectivity index (χ4n) is 2.92. The Bertz CT molecular complexity index is 625. The zero-order chi connectivity index (χ0) is 15.2. The van der Waals surface area contributed by atoms with Crippen molar-refractivity contribution in [3.63, 3.8) is 0 Å². The van der Waals surface area contributed by atoms with Crippen LogP contribution in [-0.2, 0) is 12.8 Å². The number of aryl methyl sites for hydroxylation is 2. The lowest BCUT2D eigenvalue weighted by molar-refractivity contribution is 0.101. The van der Waals surface area contributed by atoms with Gasteiger partial charge in [0, 0.05) is 5.56 Å². The molecule has 1 heteroatoms. The standard InChI is InChI=1S/C20H26O/c1-4-6-9-16-11-8-12-18-13-17(10-7-5-2)19(15(3)21)14-20(16)18/h8,11-14H,4-7,9-10H2,1-3H3. The third-order valence-electron chi connectivity index (χ3n) is 4.17. The van der Waals surface area contributed by atoms with E-state index in [4.69, 9.17) is 0 Å². The molecule has 21 heavy (non-hydrogen) atoms. The monoisotopic (exact) mass is 282 g/mol. The highest BCUT2D eigenvalue weighted by atomic mass is 16.1. The first-order valence-electron chi connectivity index (χ1n) is 8.22. The average Bonchev–Trinajstić information content (AvgIpc) is 2.49. The minimum absolute atomic E-state index is 0.188. The molecule has 0 aliphatic rings. The van der Waals surface area contributed by atoms with Crippen LogP contribution in [-0.4, -0.2) is 5.78 Å². The summed E-state index contributed by atoms with van der Waals surface area (Å²) in [4.78, 5) is 12.0. The van der Waals surface area contributed by atoms with E-state index in [0.717, 1.165) is 31.2 Å². The molecule has 0 radical (unpaired) electrons. The highest BCUT2D eigenvalue weighted by molar-refractivity contribution is 6.01. The number of unbranched alkanes of at least 4 members (excludes halogenated alkanes) is 2. The third kappa shape index (κ3) is 3.72. The molecular weight excluding hydrogens is 256 g/mol. The summed E-state index contributed by atoms with van der Waals surface area (Å²) >= 11 is 0. The van der Waals surface area contributed by atoms with Gasteiger partial charge in [0.1, 0.15) is 0 Å². The molecule has 0 saturated heterocycles. The van der Waals surface area contributed by atoms with Gasteiger partial charge in [-0.05, 0) is 60.6 Å². The maximum absolute atomic E-state index is 12.0. The van der Waals surface area contributed by atoms with Crippen molar-refractivity contribution in [2.75, 3.05) is 0 Å². The van der Waals surface area contributed by atoms with Gasteiger partial charge in [-0.3, -0.25) is 4.79 Å². The summed E-state index contributed by atoms with van der Waals surface area (Å²) in [5.41, 5.74) is 3.50. The highest BCUT2D eigenvalue weighted by Crippen LogP contribution is 2.26. The van der Waals surface area contributed by atoms with E-state index in [1.807, 2.05) is 0 Å². The zero-order valence-electron chi connectivity index (χ0n) is 13.5. The predicted molar refractivity (Wildman–Crippen MR) is 91.2 cm³/mol. The molecular formula is C20H26O. The Morgan fingerprint density at radius 2 is 1.62 bits per heavy atom. The Labute approximate surface area is 128 Å². The lowest BCUT2D eigenvalue weighted by Crippen LogP contribution is -2.01. The molecule has 1 nitrogen and oxygen atoms in total. The van der Waals surface area contributed by atoms with Gasteiger partial charge in [-0.15, -0.1) is 0 Å². The van der Waals surface area contributed by atoms with Crippen molar-refractivity contribution in [3.05, 3.63) is 47.0 Å². The molecule has 0 saturated carbocycles. The molecule has 0 amide bonds. The Morgan fingerprint density at radius 1 is 0.952 bits per heavy atom. The molecule has 0 aliphatic carbocycles. The van der Waals surface area contributed by atoms with Gasteiger partial charge in [0.2, 0.25) is 0 Å². The lowest BCUT2D eigenvalue weighted by Gasteiger charge is -2.12. The van der Waals surface area contributed by atoms with Gasteiger partial charge < -0.3 is 0 Å². The van der Waals surface area contributed by atoms with Crippen LogP contribution in [0.15, 0.2) is 30.3 Å². The van der Waals surface area contributed by atoms with Crippen molar-refractivity contribution >= 4 is 16.6 Å². The minimum Gasteiger partial charge on any atom is -0.295 e. The SMILES string of the molecule is CCCCc1cc2cccc(CCCC)c2cc1C(C)=O. The Hall–Kier alpha value is -1.63. The first kappa shape index (κ1) is 15.8. The Balaban J connectivity index is 2.52. The van der Waals surface area contributed by atoms with Crippen LogP contribution in [0.4, 0.5) is 0 Å². The van der Waals surface area contributed by atoms with E-state index < -0.39 is 0 Å². The highest BCUT2D eigenvalue weighted by Gasteiger charge is 2.11. The molecule has 0 bridgehead atoms. The number of fused-ring (bicyclic) bond motifs is 1.